The van der Waals surface area contributed by atoms with Gasteiger partial charge in [0.15, 0.2) is 0 Å². The second-order valence-electron chi connectivity index (χ2n) is 7.98. The Balaban J connectivity index is 4.74. The quantitative estimate of drug-likeness (QED) is 0.668. The summed E-state index contributed by atoms with van der Waals surface area (Å²) in [5.74, 6) is 0.656. The van der Waals surface area contributed by atoms with Crippen molar-refractivity contribution < 1.29 is 9.53 Å². The monoisotopic (exact) mass is 256 g/mol. The summed E-state index contributed by atoms with van der Waals surface area (Å²) in [7, 11) is 0. The van der Waals surface area contributed by atoms with E-state index >= 15 is 0 Å². The Morgan fingerprint density at radius 3 is 1.61 bits per heavy atom. The van der Waals surface area contributed by atoms with E-state index in [1.54, 1.807) is 0 Å². The minimum absolute atomic E-state index is 0.0109. The van der Waals surface area contributed by atoms with Crippen LogP contribution in [0.15, 0.2) is 0 Å². The first kappa shape index (κ1) is 17.5. The highest BCUT2D eigenvalue weighted by atomic mass is 16.5. The molecule has 0 radical (unpaired) electrons. The van der Waals surface area contributed by atoms with Crippen LogP contribution in [0.1, 0.15) is 68.7 Å². The number of esters is 1. The van der Waals surface area contributed by atoms with E-state index < -0.39 is 5.41 Å². The van der Waals surface area contributed by atoms with E-state index in [0.29, 0.717) is 11.8 Å². The lowest BCUT2D eigenvalue weighted by molar-refractivity contribution is -0.166. The molecule has 18 heavy (non-hydrogen) atoms. The fraction of sp³-hybridized carbons (Fsp3) is 0.938. The largest absolute Gasteiger partial charge is 0.461 e. The minimum Gasteiger partial charge on any atom is -0.461 e. The van der Waals surface area contributed by atoms with Crippen molar-refractivity contribution in [3.05, 3.63) is 0 Å². The first-order valence-electron chi connectivity index (χ1n) is 7.08. The maximum absolute atomic E-state index is 12.3. The molecule has 0 unspecified atom stereocenters. The van der Waals surface area contributed by atoms with Gasteiger partial charge in [-0.05, 0) is 37.5 Å². The van der Waals surface area contributed by atoms with E-state index in [9.17, 15) is 4.79 Å². The van der Waals surface area contributed by atoms with E-state index in [1.165, 1.54) is 0 Å². The predicted molar refractivity (Wildman–Crippen MR) is 77.4 cm³/mol. The molecular weight excluding hydrogens is 224 g/mol. The number of hydrogen-bond donors (Lipinski definition) is 0. The number of hydrogen-bond acceptors (Lipinski definition) is 2. The van der Waals surface area contributed by atoms with Gasteiger partial charge >= 0.3 is 5.97 Å². The molecular formula is C16H32O2. The van der Waals surface area contributed by atoms with Gasteiger partial charge < -0.3 is 4.74 Å². The first-order valence-corrected chi connectivity index (χ1v) is 7.08. The molecule has 0 spiro atoms. The van der Waals surface area contributed by atoms with Crippen LogP contribution in [0.4, 0.5) is 0 Å². The van der Waals surface area contributed by atoms with Crippen molar-refractivity contribution in [2.45, 2.75) is 74.8 Å². The standard InChI is InChI=1S/C16H32O2/c1-11(2)13(12(3)4)18-14(17)16(8,9)10-15(5,6)7/h11-13H,10H2,1-9H3. The van der Waals surface area contributed by atoms with Crippen molar-refractivity contribution in [1.82, 2.24) is 0 Å². The van der Waals surface area contributed by atoms with Gasteiger partial charge in [0, 0.05) is 0 Å². The van der Waals surface area contributed by atoms with Gasteiger partial charge in [-0.15, -0.1) is 0 Å². The van der Waals surface area contributed by atoms with Crippen LogP contribution in [0.2, 0.25) is 0 Å². The van der Waals surface area contributed by atoms with Gasteiger partial charge in [0.25, 0.3) is 0 Å². The van der Waals surface area contributed by atoms with Crippen LogP contribution in [0.5, 0.6) is 0 Å². The molecule has 0 aliphatic heterocycles. The molecule has 2 nitrogen and oxygen atoms in total. The number of rotatable bonds is 5. The average molecular weight is 256 g/mol. The van der Waals surface area contributed by atoms with Crippen LogP contribution < -0.4 is 0 Å². The second kappa shape index (κ2) is 6.08. The molecule has 0 saturated carbocycles. The Bertz CT molecular complexity index is 261. The summed E-state index contributed by atoms with van der Waals surface area (Å²) in [4.78, 5) is 12.3. The lowest BCUT2D eigenvalue weighted by atomic mass is 9.76. The average Bonchev–Trinajstić information content (AvgIpc) is 2.08. The van der Waals surface area contributed by atoms with Gasteiger partial charge in [-0.3, -0.25) is 4.79 Å². The maximum Gasteiger partial charge on any atom is 0.311 e. The topological polar surface area (TPSA) is 26.3 Å². The number of carbonyl (C=O) groups is 1. The fourth-order valence-corrected chi connectivity index (χ4v) is 2.72. The normalized spacial score (nSPS) is 13.6. The molecule has 0 N–H and O–H groups in total. The SMILES string of the molecule is CC(C)C(OC(=O)C(C)(C)CC(C)(C)C)C(C)C. The predicted octanol–water partition coefficient (Wildman–Crippen LogP) is 4.67. The summed E-state index contributed by atoms with van der Waals surface area (Å²) < 4.78 is 5.75. The van der Waals surface area contributed by atoms with Gasteiger partial charge in [0.05, 0.1) is 5.41 Å². The molecule has 0 fully saturated rings. The molecule has 0 saturated heterocycles. The lowest BCUT2D eigenvalue weighted by Gasteiger charge is -2.34. The van der Waals surface area contributed by atoms with Crippen LogP contribution in [-0.2, 0) is 9.53 Å². The third kappa shape index (κ3) is 5.88. The lowest BCUT2D eigenvalue weighted by Crippen LogP contribution is -2.37. The third-order valence-electron chi connectivity index (χ3n) is 3.08. The van der Waals surface area contributed by atoms with Gasteiger partial charge in [-0.1, -0.05) is 48.5 Å². The van der Waals surface area contributed by atoms with Crippen LogP contribution in [0.25, 0.3) is 0 Å². The zero-order valence-electron chi connectivity index (χ0n) is 13.8. The van der Waals surface area contributed by atoms with Crippen LogP contribution >= 0.6 is 0 Å². The molecule has 108 valence electrons. The Labute approximate surface area is 113 Å². The van der Waals surface area contributed by atoms with Gasteiger partial charge in [-0.25, -0.2) is 0 Å². The minimum atomic E-state index is -0.416. The van der Waals surface area contributed by atoms with E-state index in [0.717, 1.165) is 6.42 Å². The van der Waals surface area contributed by atoms with E-state index in [1.807, 2.05) is 13.8 Å². The summed E-state index contributed by atoms with van der Waals surface area (Å²) in [5.41, 5.74) is -0.284. The van der Waals surface area contributed by atoms with E-state index in [-0.39, 0.29) is 17.5 Å². The molecule has 0 aliphatic rings. The zero-order valence-corrected chi connectivity index (χ0v) is 13.8. The van der Waals surface area contributed by atoms with Crippen LogP contribution in [-0.4, -0.2) is 12.1 Å². The van der Waals surface area contributed by atoms with Gasteiger partial charge in [0.2, 0.25) is 0 Å². The fourth-order valence-electron chi connectivity index (χ4n) is 2.72. The highest BCUT2D eigenvalue weighted by Gasteiger charge is 2.36. The molecule has 0 heterocycles. The Kier molecular flexibility index (Phi) is 5.90. The molecule has 0 bridgehead atoms. The van der Waals surface area contributed by atoms with E-state index in [4.69, 9.17) is 4.74 Å². The first-order chi connectivity index (χ1) is 7.87. The second-order valence-corrected chi connectivity index (χ2v) is 7.98. The molecule has 0 amide bonds. The number of carbonyl (C=O) groups excluding carboxylic acids is 1. The van der Waals surface area contributed by atoms with Crippen molar-refractivity contribution in [2.75, 3.05) is 0 Å². The Morgan fingerprint density at radius 2 is 1.33 bits per heavy atom. The molecule has 2 heteroatoms. The van der Waals surface area contributed by atoms with Crippen LogP contribution in [0.3, 0.4) is 0 Å². The summed E-state index contributed by atoms with van der Waals surface area (Å²) >= 11 is 0. The highest BCUT2D eigenvalue weighted by molar-refractivity contribution is 5.76. The number of ether oxygens (including phenoxy) is 1. The highest BCUT2D eigenvalue weighted by Crippen LogP contribution is 2.35. The molecule has 0 aromatic heterocycles. The maximum atomic E-state index is 12.3. The summed E-state index contributed by atoms with van der Waals surface area (Å²) in [6.45, 7) is 18.9. The van der Waals surface area contributed by atoms with Crippen molar-refractivity contribution in [3.63, 3.8) is 0 Å². The van der Waals surface area contributed by atoms with E-state index in [2.05, 4.69) is 48.5 Å². The van der Waals surface area contributed by atoms with Crippen molar-refractivity contribution in [1.29, 1.82) is 0 Å². The molecule has 0 rings (SSSR count). The van der Waals surface area contributed by atoms with Crippen molar-refractivity contribution in [3.8, 4) is 0 Å². The van der Waals surface area contributed by atoms with Crippen molar-refractivity contribution in [2.24, 2.45) is 22.7 Å². The Morgan fingerprint density at radius 1 is 0.944 bits per heavy atom. The zero-order chi connectivity index (χ0) is 14.7. The van der Waals surface area contributed by atoms with Gasteiger partial charge in [0.1, 0.15) is 6.10 Å². The molecule has 0 aromatic carbocycles. The summed E-state index contributed by atoms with van der Waals surface area (Å²) in [6.07, 6.45) is 0.846. The molecule has 0 aromatic rings. The molecule has 0 atom stereocenters. The summed E-state index contributed by atoms with van der Waals surface area (Å²) in [5, 5.41) is 0. The molecule has 0 aliphatic carbocycles. The third-order valence-corrected chi connectivity index (χ3v) is 3.08. The summed E-state index contributed by atoms with van der Waals surface area (Å²) in [6, 6.07) is 0. The van der Waals surface area contributed by atoms with Crippen LogP contribution in [0, 0.1) is 22.7 Å². The Hall–Kier alpha value is -0.530. The van der Waals surface area contributed by atoms with Gasteiger partial charge in [-0.2, -0.15) is 0 Å². The van der Waals surface area contributed by atoms with Crippen molar-refractivity contribution >= 4 is 5.97 Å². The smallest absolute Gasteiger partial charge is 0.311 e.